The van der Waals surface area contributed by atoms with Crippen molar-refractivity contribution in [2.45, 2.75) is 19.8 Å². The van der Waals surface area contributed by atoms with Crippen LogP contribution in [0.3, 0.4) is 0 Å². The summed E-state index contributed by atoms with van der Waals surface area (Å²) >= 11 is 0. The fourth-order valence-electron chi connectivity index (χ4n) is 0.781. The lowest BCUT2D eigenvalue weighted by atomic mass is 10.2. The molecule has 0 aromatic carbocycles. The van der Waals surface area contributed by atoms with Crippen molar-refractivity contribution in [2.75, 3.05) is 0 Å². The molecule has 0 fully saturated rings. The molecule has 0 heteroatoms. The Hall–Kier alpha value is -0.780. The van der Waals surface area contributed by atoms with Gasteiger partial charge in [0.1, 0.15) is 0 Å². The minimum atomic E-state index is 0.989. The molecule has 0 bridgehead atoms. The van der Waals surface area contributed by atoms with E-state index in [1.54, 1.807) is 0 Å². The van der Waals surface area contributed by atoms with Crippen LogP contribution < -0.4 is 0 Å². The second-order valence-corrected chi connectivity index (χ2v) is 2.05. The summed E-state index contributed by atoms with van der Waals surface area (Å²) in [6.45, 7) is 2.13. The first kappa shape index (κ1) is 6.34. The molecule has 0 aliphatic heterocycles. The Morgan fingerprint density at radius 2 is 2.67 bits per heavy atom. The van der Waals surface area contributed by atoms with Gasteiger partial charge in [0.15, 0.2) is 0 Å². The van der Waals surface area contributed by atoms with Gasteiger partial charge in [0.25, 0.3) is 0 Å². The van der Waals surface area contributed by atoms with Gasteiger partial charge in [-0.1, -0.05) is 31.2 Å². The van der Waals surface area contributed by atoms with Crippen molar-refractivity contribution in [1.29, 1.82) is 0 Å². The summed E-state index contributed by atoms with van der Waals surface area (Å²) in [6, 6.07) is 0. The average molecular weight is 119 g/mol. The molecule has 0 aromatic rings. The highest BCUT2D eigenvalue weighted by molar-refractivity contribution is 5.32. The molecule has 1 rings (SSSR count). The summed E-state index contributed by atoms with van der Waals surface area (Å²) in [7, 11) is 0. The Balaban J connectivity index is 2.44. The summed E-state index contributed by atoms with van der Waals surface area (Å²) in [5, 5.41) is 0. The van der Waals surface area contributed by atoms with Crippen molar-refractivity contribution in [3.8, 4) is 0 Å². The Morgan fingerprint density at radius 1 is 1.78 bits per heavy atom. The first-order chi connectivity index (χ1) is 4.43. The Bertz CT molecular complexity index is 159. The molecule has 1 radical (unpaired) electrons. The van der Waals surface area contributed by atoms with Crippen LogP contribution in [0.25, 0.3) is 0 Å². The lowest BCUT2D eigenvalue weighted by Crippen LogP contribution is -1.63. The highest BCUT2D eigenvalue weighted by Crippen LogP contribution is 2.08. The fourth-order valence-corrected chi connectivity index (χ4v) is 0.781. The summed E-state index contributed by atoms with van der Waals surface area (Å²) in [5.41, 5.74) is 1.23. The standard InChI is InChI=1S/C9H11/c1-2-3-6-9-7-4-5-8-9/h3-4,6-7H,2,5H2,1H3/b6-3+. The molecule has 9 heavy (non-hydrogen) atoms. The highest BCUT2D eigenvalue weighted by atomic mass is 13.9. The molecule has 0 amide bonds. The van der Waals surface area contributed by atoms with Gasteiger partial charge in [-0.2, -0.15) is 0 Å². The Labute approximate surface area is 56.6 Å². The van der Waals surface area contributed by atoms with Gasteiger partial charge in [0, 0.05) is 0 Å². The van der Waals surface area contributed by atoms with Gasteiger partial charge in [-0.05, 0) is 24.5 Å². The third-order valence-corrected chi connectivity index (χ3v) is 1.25. The van der Waals surface area contributed by atoms with Crippen LogP contribution in [0.15, 0.2) is 29.9 Å². The molecule has 0 atom stereocenters. The van der Waals surface area contributed by atoms with Gasteiger partial charge < -0.3 is 0 Å². The predicted molar refractivity (Wildman–Crippen MR) is 39.9 cm³/mol. The van der Waals surface area contributed by atoms with Crippen LogP contribution in [0.1, 0.15) is 19.8 Å². The maximum absolute atomic E-state index is 3.21. The summed E-state index contributed by atoms with van der Waals surface area (Å²) in [4.78, 5) is 0. The minimum Gasteiger partial charge on any atom is -0.0842 e. The van der Waals surface area contributed by atoms with Gasteiger partial charge >= 0.3 is 0 Å². The van der Waals surface area contributed by atoms with E-state index < -0.39 is 0 Å². The predicted octanol–water partition coefficient (Wildman–Crippen LogP) is 2.64. The maximum Gasteiger partial charge on any atom is -0.00851 e. The molecular formula is C9H11. The SMILES string of the molecule is CC/C=C/C1=[C]CC=C1. The van der Waals surface area contributed by atoms with Gasteiger partial charge in [-0.3, -0.25) is 0 Å². The lowest BCUT2D eigenvalue weighted by molar-refractivity contribution is 1.22. The summed E-state index contributed by atoms with van der Waals surface area (Å²) in [6.07, 6.45) is 13.8. The molecule has 1 aliphatic carbocycles. The van der Waals surface area contributed by atoms with E-state index in [0.29, 0.717) is 0 Å². The molecule has 0 unspecified atom stereocenters. The normalized spacial score (nSPS) is 17.2. The fraction of sp³-hybridized carbons (Fsp3) is 0.333. The van der Waals surface area contributed by atoms with Crippen molar-refractivity contribution in [3.63, 3.8) is 0 Å². The van der Waals surface area contributed by atoms with E-state index in [-0.39, 0.29) is 0 Å². The second kappa shape index (κ2) is 3.29. The molecule has 0 aromatic heterocycles. The van der Waals surface area contributed by atoms with Gasteiger partial charge in [0.2, 0.25) is 0 Å². The van der Waals surface area contributed by atoms with E-state index in [1.165, 1.54) is 5.57 Å². The summed E-state index contributed by atoms with van der Waals surface area (Å²) < 4.78 is 0. The van der Waals surface area contributed by atoms with Crippen molar-refractivity contribution in [3.05, 3.63) is 36.0 Å². The largest absolute Gasteiger partial charge is 0.0842 e. The number of allylic oxidation sites excluding steroid dienone is 6. The Morgan fingerprint density at radius 3 is 3.22 bits per heavy atom. The topological polar surface area (TPSA) is 0 Å². The number of hydrogen-bond acceptors (Lipinski definition) is 0. The molecule has 0 N–H and O–H groups in total. The molecule has 0 nitrogen and oxygen atoms in total. The summed E-state index contributed by atoms with van der Waals surface area (Å²) in [5.74, 6) is 0. The van der Waals surface area contributed by atoms with Gasteiger partial charge in [-0.25, -0.2) is 0 Å². The van der Waals surface area contributed by atoms with Crippen LogP contribution in [-0.4, -0.2) is 0 Å². The van der Waals surface area contributed by atoms with Crippen molar-refractivity contribution in [2.24, 2.45) is 0 Å². The molecule has 47 valence electrons. The molecule has 0 saturated carbocycles. The zero-order valence-corrected chi connectivity index (χ0v) is 5.72. The van der Waals surface area contributed by atoms with E-state index in [2.05, 4.69) is 37.3 Å². The van der Waals surface area contributed by atoms with Crippen LogP contribution >= 0.6 is 0 Å². The van der Waals surface area contributed by atoms with Crippen LogP contribution in [0.4, 0.5) is 0 Å². The van der Waals surface area contributed by atoms with E-state index in [4.69, 9.17) is 0 Å². The van der Waals surface area contributed by atoms with Crippen molar-refractivity contribution in [1.82, 2.24) is 0 Å². The van der Waals surface area contributed by atoms with Crippen LogP contribution in [-0.2, 0) is 0 Å². The molecular weight excluding hydrogens is 108 g/mol. The highest BCUT2D eigenvalue weighted by Gasteiger charge is 1.90. The number of hydrogen-bond donors (Lipinski definition) is 0. The zero-order chi connectivity index (χ0) is 6.53. The minimum absolute atomic E-state index is 0.989. The first-order valence-corrected chi connectivity index (χ1v) is 3.37. The first-order valence-electron chi connectivity index (χ1n) is 3.37. The Kier molecular flexibility index (Phi) is 2.32. The quantitative estimate of drug-likeness (QED) is 0.524. The van der Waals surface area contributed by atoms with Crippen LogP contribution in [0.2, 0.25) is 0 Å². The van der Waals surface area contributed by atoms with E-state index >= 15 is 0 Å². The van der Waals surface area contributed by atoms with Gasteiger partial charge in [0.05, 0.1) is 0 Å². The van der Waals surface area contributed by atoms with Gasteiger partial charge in [-0.15, -0.1) is 0 Å². The maximum atomic E-state index is 3.21. The number of rotatable bonds is 2. The van der Waals surface area contributed by atoms with Crippen LogP contribution in [0.5, 0.6) is 0 Å². The molecule has 1 aliphatic rings. The van der Waals surface area contributed by atoms with E-state index in [1.807, 2.05) is 0 Å². The lowest BCUT2D eigenvalue weighted by Gasteiger charge is -1.82. The monoisotopic (exact) mass is 119 g/mol. The smallest absolute Gasteiger partial charge is 0.00851 e. The second-order valence-electron chi connectivity index (χ2n) is 2.05. The third-order valence-electron chi connectivity index (χ3n) is 1.25. The third kappa shape index (κ3) is 1.88. The molecule has 0 saturated heterocycles. The zero-order valence-electron chi connectivity index (χ0n) is 5.72. The molecule has 0 spiro atoms. The van der Waals surface area contributed by atoms with Crippen LogP contribution in [0, 0.1) is 6.08 Å². The average Bonchev–Trinajstić information content (AvgIpc) is 2.34. The van der Waals surface area contributed by atoms with E-state index in [9.17, 15) is 0 Å². The molecule has 0 heterocycles. The van der Waals surface area contributed by atoms with Crippen molar-refractivity contribution >= 4 is 0 Å². The van der Waals surface area contributed by atoms with E-state index in [0.717, 1.165) is 12.8 Å². The van der Waals surface area contributed by atoms with Crippen molar-refractivity contribution < 1.29 is 0 Å².